The van der Waals surface area contributed by atoms with Gasteiger partial charge >= 0.3 is 0 Å². The van der Waals surface area contributed by atoms with E-state index in [2.05, 4.69) is 61.1 Å². The van der Waals surface area contributed by atoms with E-state index >= 15 is 0 Å². The van der Waals surface area contributed by atoms with Crippen LogP contribution in [0.1, 0.15) is 131 Å². The van der Waals surface area contributed by atoms with Crippen LogP contribution in [0.3, 0.4) is 0 Å². The minimum absolute atomic E-state index is 0.0194. The molecule has 1 aliphatic rings. The lowest BCUT2D eigenvalue weighted by Crippen LogP contribution is -2.21. The predicted octanol–water partition coefficient (Wildman–Crippen LogP) is 11.6. The van der Waals surface area contributed by atoms with Crippen molar-refractivity contribution in [3.8, 4) is 45.0 Å². The van der Waals surface area contributed by atoms with Crippen molar-refractivity contribution >= 4 is 46.9 Å². The number of rotatable bonds is 18. The Balaban J connectivity index is 0.000000188. The van der Waals surface area contributed by atoms with Gasteiger partial charge in [-0.2, -0.15) is 0 Å². The van der Waals surface area contributed by atoms with Gasteiger partial charge in [-0.1, -0.05) is 144 Å². The molecule has 1 fully saturated rings. The first-order valence-corrected chi connectivity index (χ1v) is 29.6. The molecular weight excluding hydrogens is 1110 g/mol. The number of aromatic nitrogens is 8. The zero-order valence-corrected chi connectivity index (χ0v) is 51.8. The SMILES string of the molecule is CC(=O)Nc1ncc(-c2ccc(CO)cc2)nc1C.CCC(C)C(=O)Nc1ncc(-c2ccc(CO)cc2)nc1C.Cc1nc(-c2ccc(CO)cc2)cnc1NC(=O)CC(C)C.Cc1nc(-c2ccc(CO)cc2)cnc1NC(=O)CC1CCCCC1. The summed E-state index contributed by atoms with van der Waals surface area (Å²) in [6.07, 6.45) is 14.5. The van der Waals surface area contributed by atoms with E-state index in [-0.39, 0.29) is 56.0 Å². The number of hydrogen-bond donors (Lipinski definition) is 8. The monoisotopic (exact) mass is 1190 g/mol. The topological polar surface area (TPSA) is 300 Å². The van der Waals surface area contributed by atoms with Crippen molar-refractivity contribution in [1.29, 1.82) is 0 Å². The van der Waals surface area contributed by atoms with Crippen molar-refractivity contribution < 1.29 is 39.6 Å². The second kappa shape index (κ2) is 34.3. The molecule has 4 aromatic carbocycles. The van der Waals surface area contributed by atoms with Gasteiger partial charge in [0, 0.05) is 47.9 Å². The molecule has 8 N–H and O–H groups in total. The number of carbonyl (C=O) groups excluding carboxylic acids is 4. The second-order valence-corrected chi connectivity index (χ2v) is 22.1. The third kappa shape index (κ3) is 21.1. The Kier molecular flexibility index (Phi) is 26.5. The molecule has 4 heterocycles. The lowest BCUT2D eigenvalue weighted by molar-refractivity contribution is -0.119. The van der Waals surface area contributed by atoms with Crippen LogP contribution in [0.25, 0.3) is 45.0 Å². The van der Waals surface area contributed by atoms with E-state index in [4.69, 9.17) is 20.4 Å². The molecular formula is C68H82N12O8. The van der Waals surface area contributed by atoms with Crippen LogP contribution in [-0.2, 0) is 45.6 Å². The molecule has 1 aliphatic carbocycles. The van der Waals surface area contributed by atoms with Crippen molar-refractivity contribution in [1.82, 2.24) is 39.9 Å². The second-order valence-electron chi connectivity index (χ2n) is 22.1. The summed E-state index contributed by atoms with van der Waals surface area (Å²) >= 11 is 0. The largest absolute Gasteiger partial charge is 0.392 e. The van der Waals surface area contributed by atoms with Gasteiger partial charge < -0.3 is 41.7 Å². The summed E-state index contributed by atoms with van der Waals surface area (Å²) in [6.45, 7) is 16.7. The molecule has 0 aliphatic heterocycles. The number of hydrogen-bond acceptors (Lipinski definition) is 16. The third-order valence-corrected chi connectivity index (χ3v) is 14.4. The average molecular weight is 1200 g/mol. The summed E-state index contributed by atoms with van der Waals surface area (Å²) in [4.78, 5) is 82.1. The Bertz CT molecular complexity index is 3560. The number of aryl methyl sites for hydroxylation is 4. The summed E-state index contributed by atoms with van der Waals surface area (Å²) in [5.74, 6) is 2.55. The van der Waals surface area contributed by atoms with Gasteiger partial charge in [-0.3, -0.25) is 19.2 Å². The lowest BCUT2D eigenvalue weighted by atomic mass is 9.87. The number of carbonyl (C=O) groups is 4. The third-order valence-electron chi connectivity index (χ3n) is 14.4. The first-order chi connectivity index (χ1) is 42.3. The molecule has 4 amide bonds. The van der Waals surface area contributed by atoms with E-state index in [1.165, 1.54) is 26.2 Å². The van der Waals surface area contributed by atoms with Crippen molar-refractivity contribution in [2.75, 3.05) is 21.3 Å². The van der Waals surface area contributed by atoms with E-state index < -0.39 is 0 Å². The number of nitrogens with one attached hydrogen (secondary N) is 4. The Labute approximate surface area is 515 Å². The fraction of sp³-hybridized carbons (Fsp3) is 0.353. The summed E-state index contributed by atoms with van der Waals surface area (Å²) < 4.78 is 0. The molecule has 1 unspecified atom stereocenters. The van der Waals surface area contributed by atoms with E-state index in [9.17, 15) is 19.2 Å². The van der Waals surface area contributed by atoms with E-state index in [1.54, 1.807) is 31.7 Å². The van der Waals surface area contributed by atoms with E-state index in [0.717, 1.165) is 86.5 Å². The fourth-order valence-electron chi connectivity index (χ4n) is 9.08. The zero-order chi connectivity index (χ0) is 63.7. The van der Waals surface area contributed by atoms with E-state index in [0.29, 0.717) is 70.7 Å². The predicted molar refractivity (Wildman–Crippen MR) is 343 cm³/mol. The first-order valence-electron chi connectivity index (χ1n) is 29.6. The Hall–Kier alpha value is -9.08. The highest BCUT2D eigenvalue weighted by molar-refractivity contribution is 5.92. The maximum absolute atomic E-state index is 12.3. The minimum Gasteiger partial charge on any atom is -0.392 e. The van der Waals surface area contributed by atoms with Gasteiger partial charge in [0.15, 0.2) is 23.3 Å². The maximum Gasteiger partial charge on any atom is 0.228 e. The molecule has 0 saturated heterocycles. The Morgan fingerprint density at radius 1 is 0.455 bits per heavy atom. The summed E-state index contributed by atoms with van der Waals surface area (Å²) in [6, 6.07) is 30.0. The lowest BCUT2D eigenvalue weighted by Gasteiger charge is -2.20. The summed E-state index contributed by atoms with van der Waals surface area (Å²) in [5.41, 5.74) is 12.8. The number of nitrogens with zero attached hydrogens (tertiary/aromatic N) is 8. The average Bonchev–Trinajstić information content (AvgIpc) is 3.66. The molecule has 9 rings (SSSR count). The van der Waals surface area contributed by atoms with Crippen LogP contribution in [0.15, 0.2) is 122 Å². The van der Waals surface area contributed by atoms with Gasteiger partial charge in [0.1, 0.15) is 0 Å². The minimum atomic E-state index is -0.169. The van der Waals surface area contributed by atoms with Crippen LogP contribution in [0.5, 0.6) is 0 Å². The van der Waals surface area contributed by atoms with E-state index in [1.807, 2.05) is 146 Å². The van der Waals surface area contributed by atoms with Crippen LogP contribution in [0, 0.1) is 45.4 Å². The number of amides is 4. The molecule has 20 nitrogen and oxygen atoms in total. The molecule has 0 radical (unpaired) electrons. The molecule has 20 heteroatoms. The Morgan fingerprint density at radius 3 is 1.05 bits per heavy atom. The van der Waals surface area contributed by atoms with Gasteiger partial charge in [0.2, 0.25) is 23.6 Å². The van der Waals surface area contributed by atoms with Crippen molar-refractivity contribution in [2.24, 2.45) is 17.8 Å². The highest BCUT2D eigenvalue weighted by Gasteiger charge is 2.19. The van der Waals surface area contributed by atoms with Crippen LogP contribution < -0.4 is 21.3 Å². The van der Waals surface area contributed by atoms with Gasteiger partial charge in [0.25, 0.3) is 0 Å². The van der Waals surface area contributed by atoms with Crippen LogP contribution >= 0.6 is 0 Å². The normalized spacial score (nSPS) is 12.2. The van der Waals surface area contributed by atoms with Gasteiger partial charge in [-0.25, -0.2) is 39.9 Å². The molecule has 462 valence electrons. The molecule has 4 aromatic heterocycles. The standard InChI is InChI=1S/C20H25N3O2.2C17H21N3O2.C14H15N3O2/c1-14-20(23-19(25)11-15-5-3-2-4-6-15)21-12-18(22-14)17-9-7-16(13-24)8-10-17;1-11(2)8-16(22)20-17-12(3)19-15(9-18-17)14-6-4-13(10-21)5-7-14;1-4-11(2)17(22)20-16-12(3)19-15(9-18-16)14-7-5-13(10-21)6-8-14;1-9-14(17-10(2)19)15-7-13(16-9)12-5-3-11(8-18)4-6-12/h7-10,12,15,24H,2-6,11,13H2,1H3,(H,21,23,25);4-7,9,11,21H,8,10H2,1-3H3,(H,18,20,22);5-9,11,21H,4,10H2,1-3H3,(H,18,20,22);3-7,18H,8H2,1-2H3,(H,15,17,19). The van der Waals surface area contributed by atoms with Gasteiger partial charge in [0.05, 0.1) is 96.8 Å². The highest BCUT2D eigenvalue weighted by atomic mass is 16.3. The number of benzene rings is 4. The highest BCUT2D eigenvalue weighted by Crippen LogP contribution is 2.28. The fourth-order valence-corrected chi connectivity index (χ4v) is 9.08. The zero-order valence-electron chi connectivity index (χ0n) is 51.8. The Morgan fingerprint density at radius 2 is 0.761 bits per heavy atom. The van der Waals surface area contributed by atoms with Crippen LogP contribution in [0.2, 0.25) is 0 Å². The maximum atomic E-state index is 12.3. The molecule has 1 atom stereocenters. The van der Waals surface area contributed by atoms with Gasteiger partial charge in [-0.15, -0.1) is 0 Å². The molecule has 88 heavy (non-hydrogen) atoms. The molecule has 1 saturated carbocycles. The smallest absolute Gasteiger partial charge is 0.228 e. The molecule has 0 bridgehead atoms. The van der Waals surface area contributed by atoms with Gasteiger partial charge in [-0.05, 0) is 81.0 Å². The van der Waals surface area contributed by atoms with Crippen molar-refractivity contribution in [2.45, 2.75) is 140 Å². The number of aliphatic hydroxyl groups excluding tert-OH is 4. The van der Waals surface area contributed by atoms with Crippen LogP contribution in [0.4, 0.5) is 23.3 Å². The van der Waals surface area contributed by atoms with Crippen molar-refractivity contribution in [3.05, 3.63) is 167 Å². The summed E-state index contributed by atoms with van der Waals surface area (Å²) in [7, 11) is 0. The van der Waals surface area contributed by atoms with Crippen LogP contribution in [-0.4, -0.2) is 83.9 Å². The number of anilines is 4. The quantitative estimate of drug-likeness (QED) is 0.0396. The molecule has 8 aromatic rings. The van der Waals surface area contributed by atoms with Crippen molar-refractivity contribution in [3.63, 3.8) is 0 Å². The summed E-state index contributed by atoms with van der Waals surface area (Å²) in [5, 5.41) is 47.4. The molecule has 0 spiro atoms. The number of aliphatic hydroxyl groups is 4. The first kappa shape index (κ1) is 68.0.